The molecule has 0 radical (unpaired) electrons. The second-order valence-corrected chi connectivity index (χ2v) is 7.64. The minimum atomic E-state index is -0.195. The highest BCUT2D eigenvalue weighted by molar-refractivity contribution is 5.90. The highest BCUT2D eigenvalue weighted by atomic mass is 16.5. The zero-order valence-electron chi connectivity index (χ0n) is 15.0. The van der Waals surface area contributed by atoms with Crippen LogP contribution in [0.2, 0.25) is 0 Å². The molecule has 5 rings (SSSR count). The number of carbonyl (C=O) groups excluding carboxylic acids is 1. The van der Waals surface area contributed by atoms with Gasteiger partial charge in [0.15, 0.2) is 0 Å². The number of piperidine rings is 1. The zero-order valence-corrected chi connectivity index (χ0v) is 15.0. The van der Waals surface area contributed by atoms with Crippen molar-refractivity contribution < 1.29 is 9.53 Å². The normalized spacial score (nSPS) is 28.7. The third kappa shape index (κ3) is 2.50. The Hall–Kier alpha value is -2.39. The third-order valence-corrected chi connectivity index (χ3v) is 6.15. The van der Waals surface area contributed by atoms with Crippen molar-refractivity contribution in [3.05, 3.63) is 65.8 Å². The lowest BCUT2D eigenvalue weighted by atomic mass is 9.93. The van der Waals surface area contributed by atoms with Crippen LogP contribution < -0.4 is 0 Å². The van der Waals surface area contributed by atoms with E-state index in [1.807, 2.05) is 0 Å². The number of ether oxygens (including phenoxy) is 1. The van der Waals surface area contributed by atoms with Gasteiger partial charge in [-0.3, -0.25) is 4.90 Å². The number of hydrogen-bond donors (Lipinski definition) is 0. The van der Waals surface area contributed by atoms with Gasteiger partial charge in [0.05, 0.1) is 6.04 Å². The lowest BCUT2D eigenvalue weighted by Crippen LogP contribution is -2.50. The molecule has 2 aromatic rings. The molecule has 3 aliphatic rings. The predicted octanol–water partition coefficient (Wildman–Crippen LogP) is 4.33. The van der Waals surface area contributed by atoms with Gasteiger partial charge in [0.1, 0.15) is 6.10 Å². The molecule has 3 aliphatic heterocycles. The van der Waals surface area contributed by atoms with E-state index in [0.29, 0.717) is 12.1 Å². The molecule has 0 saturated carbocycles. The van der Waals surface area contributed by atoms with Crippen LogP contribution in [0.1, 0.15) is 31.7 Å². The Kier molecular flexibility index (Phi) is 3.71. The first-order valence-electron chi connectivity index (χ1n) is 9.59. The molecule has 0 spiro atoms. The minimum Gasteiger partial charge on any atom is -0.453 e. The number of hydrogen-bond acceptors (Lipinski definition) is 3. The Morgan fingerprint density at radius 1 is 1.04 bits per heavy atom. The van der Waals surface area contributed by atoms with Gasteiger partial charge in [-0.2, -0.15) is 0 Å². The van der Waals surface area contributed by atoms with Gasteiger partial charge in [-0.25, -0.2) is 4.79 Å². The fourth-order valence-electron chi connectivity index (χ4n) is 4.83. The first-order valence-corrected chi connectivity index (χ1v) is 9.59. The Balaban J connectivity index is 1.64. The van der Waals surface area contributed by atoms with Crippen molar-refractivity contribution in [2.24, 2.45) is 0 Å². The largest absolute Gasteiger partial charge is 0.453 e. The van der Waals surface area contributed by atoms with Crippen LogP contribution in [-0.2, 0) is 9.53 Å². The average molecular weight is 345 g/mol. The number of nitrogens with zero attached hydrogens (tertiary/aromatic N) is 1. The summed E-state index contributed by atoms with van der Waals surface area (Å²) < 4.78 is 5.70. The molecule has 2 aromatic carbocycles. The summed E-state index contributed by atoms with van der Waals surface area (Å²) >= 11 is 0. The van der Waals surface area contributed by atoms with Crippen molar-refractivity contribution in [3.63, 3.8) is 0 Å². The van der Waals surface area contributed by atoms with Gasteiger partial charge in [0.25, 0.3) is 0 Å². The van der Waals surface area contributed by atoms with E-state index in [0.717, 1.165) is 18.5 Å². The molecule has 0 aliphatic carbocycles. The van der Waals surface area contributed by atoms with Crippen LogP contribution in [0.15, 0.2) is 60.2 Å². The van der Waals surface area contributed by atoms with Crippen molar-refractivity contribution in [2.75, 3.05) is 6.54 Å². The zero-order chi connectivity index (χ0) is 17.7. The summed E-state index contributed by atoms with van der Waals surface area (Å²) in [6.07, 6.45) is 7.31. The van der Waals surface area contributed by atoms with Crippen molar-refractivity contribution in [3.8, 4) is 0 Å². The molecule has 0 aromatic heterocycles. The van der Waals surface area contributed by atoms with E-state index in [1.54, 1.807) is 6.08 Å². The minimum absolute atomic E-state index is 0.108. The second kappa shape index (κ2) is 6.10. The van der Waals surface area contributed by atoms with Gasteiger partial charge >= 0.3 is 5.97 Å². The lowest BCUT2D eigenvalue weighted by Gasteiger charge is -2.41. The molecule has 3 nitrogen and oxygen atoms in total. The van der Waals surface area contributed by atoms with Crippen LogP contribution in [-0.4, -0.2) is 35.6 Å². The Labute approximate surface area is 153 Å². The highest BCUT2D eigenvalue weighted by Crippen LogP contribution is 2.39. The molecule has 1 fully saturated rings. The third-order valence-electron chi connectivity index (χ3n) is 6.15. The summed E-state index contributed by atoms with van der Waals surface area (Å²) in [6.45, 7) is 3.36. The van der Waals surface area contributed by atoms with E-state index < -0.39 is 0 Å². The van der Waals surface area contributed by atoms with E-state index in [-0.39, 0.29) is 12.1 Å². The second-order valence-electron chi connectivity index (χ2n) is 7.64. The maximum atomic E-state index is 11.9. The van der Waals surface area contributed by atoms with Crippen LogP contribution >= 0.6 is 0 Å². The Morgan fingerprint density at radius 2 is 1.88 bits per heavy atom. The number of fused-ring (bicyclic) bond motifs is 4. The summed E-state index contributed by atoms with van der Waals surface area (Å²) in [5.41, 5.74) is 3.57. The van der Waals surface area contributed by atoms with E-state index >= 15 is 0 Å². The van der Waals surface area contributed by atoms with Gasteiger partial charge in [-0.1, -0.05) is 42.8 Å². The molecule has 0 amide bonds. The topological polar surface area (TPSA) is 29.5 Å². The smallest absolute Gasteiger partial charge is 0.331 e. The van der Waals surface area contributed by atoms with E-state index in [9.17, 15) is 4.79 Å². The molecule has 1 saturated heterocycles. The van der Waals surface area contributed by atoms with Gasteiger partial charge in [0.2, 0.25) is 0 Å². The summed E-state index contributed by atoms with van der Waals surface area (Å²) in [7, 11) is 0. The Bertz CT molecular complexity index is 942. The van der Waals surface area contributed by atoms with E-state index in [2.05, 4.69) is 60.4 Å². The molecule has 3 heteroatoms. The van der Waals surface area contributed by atoms with Crippen LogP contribution in [0.5, 0.6) is 0 Å². The molecule has 0 N–H and O–H groups in total. The molecule has 0 bridgehead atoms. The number of benzene rings is 2. The standard InChI is InChI=1S/C23H23NO2/c1-15-20(18-10-9-16-6-2-3-7-17(16)12-18)13-19-14-22(25)26-23(19)21-8-4-5-11-24(15)21/h2-3,6-7,9-10,12-15,21,23H,4-5,8,11H2,1H3/t15-,21+,23?/m0/s1. The van der Waals surface area contributed by atoms with Crippen LogP contribution in [0.4, 0.5) is 0 Å². The first kappa shape index (κ1) is 15.8. The molecule has 26 heavy (non-hydrogen) atoms. The fourth-order valence-corrected chi connectivity index (χ4v) is 4.83. The number of carbonyl (C=O) groups is 1. The van der Waals surface area contributed by atoms with Crippen molar-refractivity contribution in [2.45, 2.75) is 44.4 Å². The van der Waals surface area contributed by atoms with E-state index in [4.69, 9.17) is 4.74 Å². The average Bonchev–Trinajstić information content (AvgIpc) is 3.00. The lowest BCUT2D eigenvalue weighted by molar-refractivity contribution is -0.142. The van der Waals surface area contributed by atoms with Gasteiger partial charge in [-0.05, 0) is 60.4 Å². The summed E-state index contributed by atoms with van der Waals surface area (Å²) in [5.74, 6) is -0.195. The molecular formula is C23H23NO2. The molecule has 3 atom stereocenters. The van der Waals surface area contributed by atoms with Gasteiger partial charge in [-0.15, -0.1) is 0 Å². The predicted molar refractivity (Wildman–Crippen MR) is 104 cm³/mol. The quantitative estimate of drug-likeness (QED) is 0.721. The van der Waals surface area contributed by atoms with Crippen molar-refractivity contribution in [1.29, 1.82) is 0 Å². The fraction of sp³-hybridized carbons (Fsp3) is 0.348. The number of esters is 1. The van der Waals surface area contributed by atoms with Crippen LogP contribution in [0.3, 0.4) is 0 Å². The first-order chi connectivity index (χ1) is 12.7. The maximum Gasteiger partial charge on any atom is 0.331 e. The van der Waals surface area contributed by atoms with Crippen LogP contribution in [0.25, 0.3) is 16.3 Å². The molecule has 1 unspecified atom stereocenters. The van der Waals surface area contributed by atoms with Crippen LogP contribution in [0, 0.1) is 0 Å². The maximum absolute atomic E-state index is 11.9. The van der Waals surface area contributed by atoms with Gasteiger partial charge < -0.3 is 4.74 Å². The summed E-state index contributed by atoms with van der Waals surface area (Å²) in [4.78, 5) is 14.5. The number of rotatable bonds is 1. The molecule has 132 valence electrons. The molecule has 3 heterocycles. The highest BCUT2D eigenvalue weighted by Gasteiger charge is 2.42. The summed E-state index contributed by atoms with van der Waals surface area (Å²) in [5, 5.41) is 2.51. The van der Waals surface area contributed by atoms with Crippen molar-refractivity contribution in [1.82, 2.24) is 4.90 Å². The summed E-state index contributed by atoms with van der Waals surface area (Å²) in [6, 6.07) is 15.7. The monoisotopic (exact) mass is 345 g/mol. The van der Waals surface area contributed by atoms with E-state index in [1.165, 1.54) is 34.8 Å². The SMILES string of the molecule is C[C@H]1C(c2ccc3ccccc3c2)=CC2=CC(=O)OC2[C@H]2CCCCN21. The Morgan fingerprint density at radius 3 is 2.77 bits per heavy atom. The van der Waals surface area contributed by atoms with Crippen molar-refractivity contribution >= 4 is 22.3 Å². The molecular weight excluding hydrogens is 322 g/mol. The van der Waals surface area contributed by atoms with Gasteiger partial charge in [0, 0.05) is 17.7 Å².